The largest absolute Gasteiger partial charge is 0.460 e. The number of carbonyl (C=O) groups is 1. The molecule has 8 nitrogen and oxygen atoms in total. The first kappa shape index (κ1) is 20.8. The molecule has 0 aliphatic carbocycles. The third-order valence-corrected chi connectivity index (χ3v) is 4.97. The second-order valence-corrected chi connectivity index (χ2v) is 7.16. The molecule has 0 radical (unpaired) electrons. The lowest BCUT2D eigenvalue weighted by molar-refractivity contribution is -0.141. The second kappa shape index (κ2) is 8.32. The van der Waals surface area contributed by atoms with Gasteiger partial charge in [0, 0.05) is 68.9 Å². The standard InChI is InChI=1S/C20H19F3N6O2/c1-28-12-14(11-27-28)13-9-25-19(26-10-13)31-15-4-7-29(8-5-15)18(30)16-3-2-6-24-17(16)20(21,22)23/h2-3,6,9-12,15H,4-5,7-8H2,1H3. The Balaban J connectivity index is 1.36. The predicted octanol–water partition coefficient (Wildman–Crippen LogP) is 2.97. The van der Waals surface area contributed by atoms with E-state index in [1.54, 1.807) is 23.3 Å². The molecule has 1 fully saturated rings. The number of aryl methyl sites for hydroxylation is 1. The van der Waals surface area contributed by atoms with Crippen LogP contribution >= 0.6 is 0 Å². The maximum absolute atomic E-state index is 13.1. The average Bonchev–Trinajstić information content (AvgIpc) is 3.20. The van der Waals surface area contributed by atoms with Gasteiger partial charge in [-0.05, 0) is 12.1 Å². The van der Waals surface area contributed by atoms with Gasteiger partial charge in [0.25, 0.3) is 5.91 Å². The van der Waals surface area contributed by atoms with Gasteiger partial charge in [-0.2, -0.15) is 18.3 Å². The highest BCUT2D eigenvalue weighted by atomic mass is 19.4. The first-order valence-corrected chi connectivity index (χ1v) is 9.60. The van der Waals surface area contributed by atoms with Crippen LogP contribution in [0.4, 0.5) is 13.2 Å². The van der Waals surface area contributed by atoms with Crippen molar-refractivity contribution in [3.63, 3.8) is 0 Å². The fourth-order valence-electron chi connectivity index (χ4n) is 3.40. The predicted molar refractivity (Wildman–Crippen MR) is 103 cm³/mol. The van der Waals surface area contributed by atoms with E-state index in [9.17, 15) is 18.0 Å². The molecular formula is C20H19F3N6O2. The van der Waals surface area contributed by atoms with E-state index in [-0.39, 0.29) is 25.2 Å². The normalized spacial score (nSPS) is 15.2. The molecule has 0 unspecified atom stereocenters. The zero-order valence-corrected chi connectivity index (χ0v) is 16.6. The van der Waals surface area contributed by atoms with E-state index in [0.717, 1.165) is 23.4 Å². The van der Waals surface area contributed by atoms with E-state index in [1.165, 1.54) is 11.0 Å². The number of likely N-dealkylation sites (tertiary alicyclic amines) is 1. The fourth-order valence-corrected chi connectivity index (χ4v) is 3.40. The van der Waals surface area contributed by atoms with E-state index in [4.69, 9.17) is 4.74 Å². The Kier molecular flexibility index (Phi) is 5.57. The number of hydrogen-bond acceptors (Lipinski definition) is 6. The zero-order valence-electron chi connectivity index (χ0n) is 16.6. The highest BCUT2D eigenvalue weighted by molar-refractivity contribution is 5.95. The molecule has 1 aliphatic rings. The lowest BCUT2D eigenvalue weighted by Crippen LogP contribution is -2.42. The summed E-state index contributed by atoms with van der Waals surface area (Å²) in [5.74, 6) is -0.684. The molecule has 0 saturated carbocycles. The van der Waals surface area contributed by atoms with Crippen LogP contribution in [0.25, 0.3) is 11.1 Å². The van der Waals surface area contributed by atoms with Crippen molar-refractivity contribution in [2.75, 3.05) is 13.1 Å². The smallest absolute Gasteiger partial charge is 0.434 e. The molecule has 4 rings (SSSR count). The van der Waals surface area contributed by atoms with Crippen molar-refractivity contribution in [1.29, 1.82) is 0 Å². The van der Waals surface area contributed by atoms with Gasteiger partial charge in [-0.3, -0.25) is 14.5 Å². The number of hydrogen-bond donors (Lipinski definition) is 0. The number of pyridine rings is 1. The Bertz CT molecular complexity index is 1060. The maximum atomic E-state index is 13.1. The second-order valence-electron chi connectivity index (χ2n) is 7.16. The number of carbonyl (C=O) groups excluding carboxylic acids is 1. The van der Waals surface area contributed by atoms with Gasteiger partial charge in [0.15, 0.2) is 5.69 Å². The molecule has 0 bridgehead atoms. The topological polar surface area (TPSA) is 86.0 Å². The van der Waals surface area contributed by atoms with Crippen molar-refractivity contribution in [3.05, 3.63) is 54.4 Å². The summed E-state index contributed by atoms with van der Waals surface area (Å²) < 4.78 is 46.9. The highest BCUT2D eigenvalue weighted by Gasteiger charge is 2.38. The molecule has 0 spiro atoms. The van der Waals surface area contributed by atoms with E-state index >= 15 is 0 Å². The molecule has 0 aromatic carbocycles. The van der Waals surface area contributed by atoms with Gasteiger partial charge in [0.2, 0.25) is 0 Å². The minimum absolute atomic E-state index is 0.212. The summed E-state index contributed by atoms with van der Waals surface area (Å²) in [5, 5.41) is 4.10. The third-order valence-electron chi connectivity index (χ3n) is 4.97. The van der Waals surface area contributed by atoms with Crippen molar-refractivity contribution >= 4 is 5.91 Å². The Morgan fingerprint density at radius 2 is 1.81 bits per heavy atom. The zero-order chi connectivity index (χ0) is 22.0. The number of alkyl halides is 3. The molecule has 4 heterocycles. The molecule has 0 atom stereocenters. The Morgan fingerprint density at radius 3 is 2.42 bits per heavy atom. The minimum atomic E-state index is -4.69. The van der Waals surface area contributed by atoms with E-state index in [0.29, 0.717) is 12.8 Å². The lowest BCUT2D eigenvalue weighted by Gasteiger charge is -2.32. The van der Waals surface area contributed by atoms with Crippen molar-refractivity contribution in [2.45, 2.75) is 25.1 Å². The molecule has 162 valence electrons. The molecule has 1 aliphatic heterocycles. The minimum Gasteiger partial charge on any atom is -0.460 e. The van der Waals surface area contributed by atoms with Gasteiger partial charge in [0.1, 0.15) is 6.10 Å². The van der Waals surface area contributed by atoms with Gasteiger partial charge < -0.3 is 9.64 Å². The number of amides is 1. The molecule has 0 N–H and O–H groups in total. The van der Waals surface area contributed by atoms with Crippen LogP contribution in [0.5, 0.6) is 6.01 Å². The number of nitrogens with zero attached hydrogens (tertiary/aromatic N) is 6. The van der Waals surface area contributed by atoms with E-state index in [2.05, 4.69) is 20.1 Å². The van der Waals surface area contributed by atoms with Crippen molar-refractivity contribution in [2.24, 2.45) is 7.05 Å². The molecule has 11 heteroatoms. The van der Waals surface area contributed by atoms with Gasteiger partial charge in [-0.15, -0.1) is 0 Å². The Hall–Kier alpha value is -3.50. The first-order valence-electron chi connectivity index (χ1n) is 9.60. The number of ether oxygens (including phenoxy) is 1. The molecule has 31 heavy (non-hydrogen) atoms. The summed E-state index contributed by atoms with van der Waals surface area (Å²) in [6, 6.07) is 2.69. The number of piperidine rings is 1. The monoisotopic (exact) mass is 432 g/mol. The molecular weight excluding hydrogens is 413 g/mol. The molecule has 3 aromatic heterocycles. The van der Waals surface area contributed by atoms with Crippen LogP contribution in [0.2, 0.25) is 0 Å². The van der Waals surface area contributed by atoms with E-state index < -0.39 is 23.3 Å². The average molecular weight is 432 g/mol. The van der Waals surface area contributed by atoms with Crippen molar-refractivity contribution in [3.8, 4) is 17.1 Å². The summed E-state index contributed by atoms with van der Waals surface area (Å²) in [7, 11) is 1.82. The number of halogens is 3. The third kappa shape index (κ3) is 4.65. The summed E-state index contributed by atoms with van der Waals surface area (Å²) in [4.78, 5) is 25.8. The molecule has 1 saturated heterocycles. The van der Waals surface area contributed by atoms with Gasteiger partial charge in [-0.1, -0.05) is 0 Å². The van der Waals surface area contributed by atoms with Crippen LogP contribution in [0.15, 0.2) is 43.1 Å². The fraction of sp³-hybridized carbons (Fsp3) is 0.350. The maximum Gasteiger partial charge on any atom is 0.434 e. The summed E-state index contributed by atoms with van der Waals surface area (Å²) in [5.41, 5.74) is 0.0801. The molecule has 1 amide bonds. The van der Waals surface area contributed by atoms with Crippen molar-refractivity contribution < 1.29 is 22.7 Å². The van der Waals surface area contributed by atoms with Crippen molar-refractivity contribution in [1.82, 2.24) is 29.6 Å². The van der Waals surface area contributed by atoms with Gasteiger partial charge in [-0.25, -0.2) is 9.97 Å². The van der Waals surface area contributed by atoms with Gasteiger partial charge in [0.05, 0.1) is 11.8 Å². The highest BCUT2D eigenvalue weighted by Crippen LogP contribution is 2.31. The van der Waals surface area contributed by atoms with Gasteiger partial charge >= 0.3 is 12.2 Å². The van der Waals surface area contributed by atoms with Crippen LogP contribution in [0, 0.1) is 0 Å². The summed E-state index contributed by atoms with van der Waals surface area (Å²) in [6.07, 6.45) is 3.85. The Labute approximate surface area is 175 Å². The molecule has 3 aromatic rings. The van der Waals surface area contributed by atoms with Crippen LogP contribution in [-0.4, -0.2) is 54.7 Å². The van der Waals surface area contributed by atoms with Crippen LogP contribution in [0.3, 0.4) is 0 Å². The SMILES string of the molecule is Cn1cc(-c2cnc(OC3CCN(C(=O)c4cccnc4C(F)(F)F)CC3)nc2)cn1. The van der Waals surface area contributed by atoms with Crippen LogP contribution in [0.1, 0.15) is 28.9 Å². The Morgan fingerprint density at radius 1 is 1.10 bits per heavy atom. The number of rotatable bonds is 4. The van der Waals surface area contributed by atoms with Crippen LogP contribution < -0.4 is 4.74 Å². The summed E-state index contributed by atoms with van der Waals surface area (Å²) in [6.45, 7) is 0.535. The van der Waals surface area contributed by atoms with E-state index in [1.807, 2.05) is 13.2 Å². The quantitative estimate of drug-likeness (QED) is 0.630. The summed E-state index contributed by atoms with van der Waals surface area (Å²) >= 11 is 0. The first-order chi connectivity index (χ1) is 14.8. The number of aromatic nitrogens is 5. The van der Waals surface area contributed by atoms with Crippen LogP contribution in [-0.2, 0) is 13.2 Å². The lowest BCUT2D eigenvalue weighted by atomic mass is 10.1.